The molecule has 0 radical (unpaired) electrons. The van der Waals surface area contributed by atoms with Gasteiger partial charge < -0.3 is 9.42 Å². The summed E-state index contributed by atoms with van der Waals surface area (Å²) in [7, 11) is 1.64. The third kappa shape index (κ3) is 2.99. The van der Waals surface area contributed by atoms with Gasteiger partial charge in [-0.15, -0.1) is 0 Å². The lowest BCUT2D eigenvalue weighted by Gasteiger charge is -2.15. The molecule has 0 aliphatic carbocycles. The zero-order valence-electron chi connectivity index (χ0n) is 11.1. The van der Waals surface area contributed by atoms with E-state index in [9.17, 15) is 9.18 Å². The van der Waals surface area contributed by atoms with Gasteiger partial charge >= 0.3 is 0 Å². The van der Waals surface area contributed by atoms with Crippen molar-refractivity contribution >= 4 is 5.91 Å². The molecule has 0 bridgehead atoms. The quantitative estimate of drug-likeness (QED) is 0.854. The van der Waals surface area contributed by atoms with Crippen LogP contribution in [0.3, 0.4) is 0 Å². The number of benzene rings is 1. The van der Waals surface area contributed by atoms with E-state index < -0.39 is 0 Å². The Bertz CT molecular complexity index is 607. The van der Waals surface area contributed by atoms with Crippen LogP contribution in [0.4, 0.5) is 4.39 Å². The molecule has 1 aromatic heterocycles. The maximum absolute atomic E-state index is 13.4. The summed E-state index contributed by atoms with van der Waals surface area (Å²) in [4.78, 5) is 13.6. The summed E-state index contributed by atoms with van der Waals surface area (Å²) < 4.78 is 18.4. The van der Waals surface area contributed by atoms with Gasteiger partial charge in [-0.2, -0.15) is 0 Å². The first-order chi connectivity index (χ1) is 8.97. The lowest BCUT2D eigenvalue weighted by Crippen LogP contribution is -2.26. The number of hydrogen-bond acceptors (Lipinski definition) is 3. The number of halogens is 1. The minimum Gasteiger partial charge on any atom is -0.361 e. The predicted octanol–water partition coefficient (Wildman–Crippen LogP) is 2.70. The summed E-state index contributed by atoms with van der Waals surface area (Å²) in [5.41, 5.74) is 1.51. The molecule has 100 valence electrons. The van der Waals surface area contributed by atoms with Crippen molar-refractivity contribution in [1.29, 1.82) is 0 Å². The molecule has 1 heterocycles. The van der Waals surface area contributed by atoms with Crippen LogP contribution in [0.5, 0.6) is 0 Å². The van der Waals surface area contributed by atoms with Gasteiger partial charge in [0.2, 0.25) is 0 Å². The molecule has 0 aliphatic rings. The molecule has 1 aromatic carbocycles. The smallest absolute Gasteiger partial charge is 0.254 e. The van der Waals surface area contributed by atoms with Crippen molar-refractivity contribution in [3.63, 3.8) is 0 Å². The normalized spacial score (nSPS) is 10.5. The maximum Gasteiger partial charge on any atom is 0.254 e. The van der Waals surface area contributed by atoms with Crippen LogP contribution in [-0.2, 0) is 6.54 Å². The maximum atomic E-state index is 13.4. The molecule has 5 heteroatoms. The molecular formula is C14H15FN2O2. The summed E-state index contributed by atoms with van der Waals surface area (Å²) in [5, 5.41) is 3.82. The van der Waals surface area contributed by atoms with E-state index in [1.807, 2.05) is 0 Å². The Morgan fingerprint density at radius 3 is 2.68 bits per heavy atom. The lowest BCUT2D eigenvalue weighted by atomic mass is 10.1. The largest absolute Gasteiger partial charge is 0.361 e. The first-order valence-electron chi connectivity index (χ1n) is 5.91. The highest BCUT2D eigenvalue weighted by Crippen LogP contribution is 2.12. The number of carbonyl (C=O) groups is 1. The SMILES string of the molecule is Cc1cc(CN(C)C(=O)c2ccc(C)c(F)c2)no1. The fraction of sp³-hybridized carbons (Fsp3) is 0.286. The molecule has 19 heavy (non-hydrogen) atoms. The van der Waals surface area contributed by atoms with Crippen molar-refractivity contribution in [2.45, 2.75) is 20.4 Å². The van der Waals surface area contributed by atoms with Crippen LogP contribution in [-0.4, -0.2) is 23.0 Å². The molecule has 0 fully saturated rings. The minimum atomic E-state index is -0.378. The Morgan fingerprint density at radius 1 is 1.37 bits per heavy atom. The highest BCUT2D eigenvalue weighted by Gasteiger charge is 2.15. The van der Waals surface area contributed by atoms with Crippen molar-refractivity contribution in [2.24, 2.45) is 0 Å². The molecule has 0 unspecified atom stereocenters. The van der Waals surface area contributed by atoms with Crippen LogP contribution in [0, 0.1) is 19.7 Å². The third-order valence-corrected chi connectivity index (χ3v) is 2.84. The summed E-state index contributed by atoms with van der Waals surface area (Å²) in [6.45, 7) is 3.77. The van der Waals surface area contributed by atoms with E-state index in [4.69, 9.17) is 4.52 Å². The van der Waals surface area contributed by atoms with Crippen LogP contribution < -0.4 is 0 Å². The molecule has 0 saturated carbocycles. The van der Waals surface area contributed by atoms with Gasteiger partial charge in [0.1, 0.15) is 17.3 Å². The first-order valence-corrected chi connectivity index (χ1v) is 5.91. The molecule has 4 nitrogen and oxygen atoms in total. The number of hydrogen-bond donors (Lipinski definition) is 0. The number of aromatic nitrogens is 1. The minimum absolute atomic E-state index is 0.250. The fourth-order valence-electron chi connectivity index (χ4n) is 1.75. The molecule has 0 aliphatic heterocycles. The number of rotatable bonds is 3. The molecule has 1 amide bonds. The molecule has 0 saturated heterocycles. The highest BCUT2D eigenvalue weighted by atomic mass is 19.1. The van der Waals surface area contributed by atoms with Crippen LogP contribution in [0.25, 0.3) is 0 Å². The average Bonchev–Trinajstić information content (AvgIpc) is 2.77. The van der Waals surface area contributed by atoms with Gasteiger partial charge in [0.15, 0.2) is 0 Å². The Morgan fingerprint density at radius 2 is 2.11 bits per heavy atom. The lowest BCUT2D eigenvalue weighted by molar-refractivity contribution is 0.0781. The van der Waals surface area contributed by atoms with Crippen LogP contribution in [0.1, 0.15) is 27.4 Å². The van der Waals surface area contributed by atoms with Crippen molar-refractivity contribution < 1.29 is 13.7 Å². The average molecular weight is 262 g/mol. The third-order valence-electron chi connectivity index (χ3n) is 2.84. The Hall–Kier alpha value is -2.17. The van der Waals surface area contributed by atoms with Crippen molar-refractivity contribution in [1.82, 2.24) is 10.1 Å². The summed E-state index contributed by atoms with van der Waals surface area (Å²) in [6, 6.07) is 6.23. The van der Waals surface area contributed by atoms with Gasteiger partial charge in [-0.05, 0) is 31.5 Å². The number of nitrogens with zero attached hydrogens (tertiary/aromatic N) is 2. The number of aryl methyl sites for hydroxylation is 2. The molecular weight excluding hydrogens is 247 g/mol. The second kappa shape index (κ2) is 5.22. The molecule has 2 aromatic rings. The van der Waals surface area contributed by atoms with E-state index in [1.165, 1.54) is 11.0 Å². The van der Waals surface area contributed by atoms with E-state index in [-0.39, 0.29) is 11.7 Å². The van der Waals surface area contributed by atoms with Gasteiger partial charge in [0, 0.05) is 18.7 Å². The van der Waals surface area contributed by atoms with Gasteiger partial charge in [-0.3, -0.25) is 4.79 Å². The molecule has 0 N–H and O–H groups in total. The van der Waals surface area contributed by atoms with Gasteiger partial charge in [0.05, 0.1) is 6.54 Å². The predicted molar refractivity (Wildman–Crippen MR) is 68.2 cm³/mol. The Balaban J connectivity index is 2.12. The molecule has 0 atom stereocenters. The van der Waals surface area contributed by atoms with E-state index in [2.05, 4.69) is 5.16 Å². The van der Waals surface area contributed by atoms with Crippen molar-refractivity contribution in [3.8, 4) is 0 Å². The van der Waals surface area contributed by atoms with E-state index >= 15 is 0 Å². The topological polar surface area (TPSA) is 46.3 Å². The summed E-state index contributed by atoms with van der Waals surface area (Å²) >= 11 is 0. The van der Waals surface area contributed by atoms with E-state index in [0.29, 0.717) is 29.1 Å². The van der Waals surface area contributed by atoms with E-state index in [1.54, 1.807) is 39.1 Å². The van der Waals surface area contributed by atoms with Gasteiger partial charge in [-0.1, -0.05) is 11.2 Å². The summed E-state index contributed by atoms with van der Waals surface area (Å²) in [5.74, 6) is 0.0633. The Labute approximate surface area is 110 Å². The Kier molecular flexibility index (Phi) is 3.64. The van der Waals surface area contributed by atoms with Gasteiger partial charge in [0.25, 0.3) is 5.91 Å². The standard InChI is InChI=1S/C14H15FN2O2/c1-9-4-5-11(7-13(9)15)14(18)17(3)8-12-6-10(2)19-16-12/h4-7H,8H2,1-3H3. The monoisotopic (exact) mass is 262 g/mol. The second-order valence-electron chi connectivity index (χ2n) is 4.55. The van der Waals surface area contributed by atoms with Crippen LogP contribution >= 0.6 is 0 Å². The van der Waals surface area contributed by atoms with E-state index in [0.717, 1.165) is 0 Å². The summed E-state index contributed by atoms with van der Waals surface area (Å²) in [6.07, 6.45) is 0. The second-order valence-corrected chi connectivity index (χ2v) is 4.55. The van der Waals surface area contributed by atoms with Crippen LogP contribution in [0.15, 0.2) is 28.8 Å². The van der Waals surface area contributed by atoms with Gasteiger partial charge in [-0.25, -0.2) is 4.39 Å². The molecule has 0 spiro atoms. The number of carbonyl (C=O) groups excluding carboxylic acids is 1. The number of amides is 1. The van der Waals surface area contributed by atoms with Crippen molar-refractivity contribution in [3.05, 3.63) is 52.7 Å². The first kappa shape index (κ1) is 13.3. The zero-order chi connectivity index (χ0) is 14.0. The molecule has 2 rings (SSSR count). The highest BCUT2D eigenvalue weighted by molar-refractivity contribution is 5.94. The van der Waals surface area contributed by atoms with Crippen molar-refractivity contribution in [2.75, 3.05) is 7.05 Å². The van der Waals surface area contributed by atoms with Crippen LogP contribution in [0.2, 0.25) is 0 Å². The fourth-order valence-corrected chi connectivity index (χ4v) is 1.75. The zero-order valence-corrected chi connectivity index (χ0v) is 11.1.